The molecule has 0 unspecified atom stereocenters. The first-order valence-corrected chi connectivity index (χ1v) is 5.06. The van der Waals surface area contributed by atoms with Gasteiger partial charge in [-0.25, -0.2) is 0 Å². The summed E-state index contributed by atoms with van der Waals surface area (Å²) in [5, 5.41) is 0. The van der Waals surface area contributed by atoms with Gasteiger partial charge >= 0.3 is 44.2 Å². The van der Waals surface area contributed by atoms with Crippen molar-refractivity contribution < 1.29 is 40.2 Å². The molecular formula is C10H20O5V+4. The van der Waals surface area contributed by atoms with Crippen molar-refractivity contribution in [1.82, 2.24) is 0 Å². The molecule has 0 aliphatic rings. The quantitative estimate of drug-likeness (QED) is 0.550. The molecule has 0 aromatic carbocycles. The van der Waals surface area contributed by atoms with Crippen molar-refractivity contribution in [3.8, 4) is 0 Å². The number of rotatable bonds is 4. The first kappa shape index (κ1) is 20.5. The maximum absolute atomic E-state index is 8.46. The van der Waals surface area contributed by atoms with Crippen LogP contribution in [0.3, 0.4) is 0 Å². The summed E-state index contributed by atoms with van der Waals surface area (Å²) in [7, 11) is 0. The van der Waals surface area contributed by atoms with Crippen LogP contribution in [0.25, 0.3) is 0 Å². The van der Waals surface area contributed by atoms with Gasteiger partial charge in [-0.15, -0.1) is 0 Å². The fraction of sp³-hybridized carbons (Fsp3) is 0.600. The van der Waals surface area contributed by atoms with Gasteiger partial charge in [0.2, 0.25) is 0 Å². The van der Waals surface area contributed by atoms with E-state index in [1.165, 1.54) is 0 Å². The molecule has 16 heavy (non-hydrogen) atoms. The van der Waals surface area contributed by atoms with Crippen LogP contribution in [0, 0.1) is 0 Å². The first-order valence-electron chi connectivity index (χ1n) is 4.49. The molecule has 5 nitrogen and oxygen atoms in total. The van der Waals surface area contributed by atoms with Crippen molar-refractivity contribution in [2.45, 2.75) is 40.5 Å². The Hall–Kier alpha value is -0.936. The zero-order chi connectivity index (χ0) is 13.7. The van der Waals surface area contributed by atoms with Crippen molar-refractivity contribution in [2.75, 3.05) is 0 Å². The van der Waals surface area contributed by atoms with Crippen molar-refractivity contribution in [3.05, 3.63) is 0 Å². The fourth-order valence-electron chi connectivity index (χ4n) is 0.740. The van der Waals surface area contributed by atoms with E-state index in [2.05, 4.69) is 0 Å². The Balaban J connectivity index is -0.000000183. The van der Waals surface area contributed by atoms with Gasteiger partial charge in [-0.2, -0.15) is 0 Å². The predicted octanol–water partition coefficient (Wildman–Crippen LogP) is 0.891. The normalized spacial score (nSPS) is 7.44. The standard InChI is InChI=1S/2C5H8O2.O.V/c2*1-4(6)3-5(2)7;;/h2*3H2,1-2H3;;/p+4. The molecular weight excluding hydrogens is 251 g/mol. The molecule has 0 spiro atoms. The molecule has 0 atom stereocenters. The molecule has 0 aliphatic heterocycles. The van der Waals surface area contributed by atoms with E-state index < -0.39 is 0 Å². The monoisotopic (exact) mass is 271 g/mol. The molecule has 0 amide bonds. The zero-order valence-corrected chi connectivity index (χ0v) is 11.5. The van der Waals surface area contributed by atoms with Gasteiger partial charge in [0, 0.05) is 27.7 Å². The molecule has 0 aromatic rings. The second-order valence-electron chi connectivity index (χ2n) is 3.29. The fourth-order valence-corrected chi connectivity index (χ4v) is 0.740. The van der Waals surface area contributed by atoms with Crippen LogP contribution in [0.2, 0.25) is 0 Å². The second-order valence-corrected chi connectivity index (χ2v) is 3.29. The topological polar surface area (TPSA) is 103 Å². The summed E-state index contributed by atoms with van der Waals surface area (Å²) in [6.07, 6.45) is 0.611. The Morgan fingerprint density at radius 3 is 0.812 bits per heavy atom. The van der Waals surface area contributed by atoms with E-state index >= 15 is 0 Å². The van der Waals surface area contributed by atoms with Gasteiger partial charge < -0.3 is 0 Å². The van der Waals surface area contributed by atoms with E-state index in [0.29, 0.717) is 12.8 Å². The average Bonchev–Trinajstić information content (AvgIpc) is 2.03. The van der Waals surface area contributed by atoms with E-state index in [4.69, 9.17) is 22.9 Å². The van der Waals surface area contributed by atoms with Gasteiger partial charge in [0.05, 0.1) is 0 Å². The number of ketones is 4. The third-order valence-corrected chi connectivity index (χ3v) is 1.02. The van der Waals surface area contributed by atoms with Crippen LogP contribution in [-0.4, -0.2) is 42.3 Å². The summed E-state index contributed by atoms with van der Waals surface area (Å²) in [6.45, 7) is 6.22. The van der Waals surface area contributed by atoms with Crippen molar-refractivity contribution in [1.29, 1.82) is 0 Å². The number of carbonyl (C=O) groups excluding carboxylic acids is 4. The molecule has 0 saturated carbocycles. The summed E-state index contributed by atoms with van der Waals surface area (Å²) in [6, 6.07) is 0. The van der Waals surface area contributed by atoms with E-state index in [-0.39, 0.29) is 23.1 Å². The van der Waals surface area contributed by atoms with Gasteiger partial charge in [-0.05, 0) is 0 Å². The van der Waals surface area contributed by atoms with Gasteiger partial charge in [-0.3, -0.25) is 19.2 Å². The Kier molecular flexibility index (Phi) is 18.0. The minimum atomic E-state index is 0.250. The average molecular weight is 271 g/mol. The summed E-state index contributed by atoms with van der Waals surface area (Å²) in [5.74, 6) is 1.00. The van der Waals surface area contributed by atoms with Crippen LogP contribution in [-0.2, 0) is 21.0 Å². The van der Waals surface area contributed by atoms with E-state index in [1.807, 2.05) is 0 Å². The Labute approximate surface area is 104 Å². The zero-order valence-electron chi connectivity index (χ0n) is 10.1. The SMILES string of the molecule is CC(=[OH+])CC(C)=[OH+].CC(=[OH+])CC(C)=[OH+].[O]=[V]. The van der Waals surface area contributed by atoms with Gasteiger partial charge in [0.1, 0.15) is 0 Å². The van der Waals surface area contributed by atoms with Crippen LogP contribution < -0.4 is 0 Å². The van der Waals surface area contributed by atoms with Gasteiger partial charge in [0.25, 0.3) is 0 Å². The molecule has 0 aliphatic carbocycles. The Bertz CT molecular complexity index is 210. The maximum atomic E-state index is 8.46. The van der Waals surface area contributed by atoms with Gasteiger partial charge in [-0.1, -0.05) is 0 Å². The Morgan fingerprint density at radius 1 is 0.688 bits per heavy atom. The molecule has 0 fully saturated rings. The molecule has 0 heterocycles. The van der Waals surface area contributed by atoms with E-state index in [0.717, 1.165) is 17.4 Å². The summed E-state index contributed by atoms with van der Waals surface area (Å²) in [4.78, 5) is 33.8. The van der Waals surface area contributed by atoms with Gasteiger partial charge in [0.15, 0.2) is 12.8 Å². The Morgan fingerprint density at radius 2 is 0.812 bits per heavy atom. The van der Waals surface area contributed by atoms with Crippen molar-refractivity contribution in [3.63, 3.8) is 0 Å². The van der Waals surface area contributed by atoms with Crippen LogP contribution in [0.5, 0.6) is 0 Å². The number of hydrogen-bond donors (Lipinski definition) is 0. The summed E-state index contributed by atoms with van der Waals surface area (Å²) in [5.41, 5.74) is 0. The summed E-state index contributed by atoms with van der Waals surface area (Å²) >= 11 is 1.06. The molecule has 0 rings (SSSR count). The first-order chi connectivity index (χ1) is 7.25. The third kappa shape index (κ3) is 38.1. The molecule has 0 bridgehead atoms. The molecule has 6 heteroatoms. The molecule has 0 radical (unpaired) electrons. The summed E-state index contributed by atoms with van der Waals surface area (Å²) < 4.78 is 8.19. The third-order valence-electron chi connectivity index (χ3n) is 1.02. The van der Waals surface area contributed by atoms with E-state index in [1.54, 1.807) is 27.7 Å². The predicted molar refractivity (Wildman–Crippen MR) is 60.4 cm³/mol. The number of hydrogen-bond acceptors (Lipinski definition) is 1. The van der Waals surface area contributed by atoms with Crippen LogP contribution in [0.15, 0.2) is 0 Å². The van der Waals surface area contributed by atoms with E-state index in [9.17, 15) is 0 Å². The van der Waals surface area contributed by atoms with Crippen molar-refractivity contribution >= 4 is 23.1 Å². The van der Waals surface area contributed by atoms with Crippen LogP contribution in [0.4, 0.5) is 0 Å². The minimum absolute atomic E-state index is 0.250. The second kappa shape index (κ2) is 14.1. The molecule has 91 valence electrons. The molecule has 0 saturated heterocycles. The molecule has 4 N–H and O–H groups in total. The molecule has 0 aromatic heterocycles. The van der Waals surface area contributed by atoms with Crippen LogP contribution >= 0.6 is 0 Å². The van der Waals surface area contributed by atoms with Crippen molar-refractivity contribution in [2.24, 2.45) is 0 Å². The van der Waals surface area contributed by atoms with Crippen LogP contribution in [0.1, 0.15) is 40.5 Å².